The van der Waals surface area contributed by atoms with Gasteiger partial charge in [-0.2, -0.15) is 9.78 Å². The van der Waals surface area contributed by atoms with E-state index in [0.29, 0.717) is 30.6 Å². The number of aromatic nitrogens is 2. The molecule has 0 amide bonds. The minimum Gasteiger partial charge on any atom is -0.442 e. The molecule has 0 aliphatic carbocycles. The van der Waals surface area contributed by atoms with Crippen LogP contribution >= 0.6 is 0 Å². The van der Waals surface area contributed by atoms with Crippen molar-refractivity contribution in [3.63, 3.8) is 0 Å². The van der Waals surface area contributed by atoms with Crippen LogP contribution in [0.15, 0.2) is 109 Å². The highest BCUT2D eigenvalue weighted by molar-refractivity contribution is 6.00. The summed E-state index contributed by atoms with van der Waals surface area (Å²) in [5.41, 5.74) is 3.52. The van der Waals surface area contributed by atoms with Gasteiger partial charge in [-0.05, 0) is 43.5 Å². The fourth-order valence-corrected chi connectivity index (χ4v) is 5.29. The van der Waals surface area contributed by atoms with E-state index in [0.717, 1.165) is 16.7 Å². The minimum absolute atomic E-state index is 0.0966. The van der Waals surface area contributed by atoms with Crippen LogP contribution in [-0.2, 0) is 15.1 Å². The normalized spacial score (nSPS) is 15.9. The number of hydrogen-bond acceptors (Lipinski definition) is 5. The summed E-state index contributed by atoms with van der Waals surface area (Å²) in [5, 5.41) is 4.17. The molecule has 0 atom stereocenters. The Balaban J connectivity index is 1.58. The third-order valence-electron chi connectivity index (χ3n) is 6.90. The topological polar surface area (TPSA) is 64.4 Å². The van der Waals surface area contributed by atoms with E-state index >= 15 is 0 Å². The fourth-order valence-electron chi connectivity index (χ4n) is 5.29. The molecule has 39 heavy (non-hydrogen) atoms. The number of carbonyl (C=O) groups is 2. The molecule has 0 N–H and O–H groups in total. The van der Waals surface area contributed by atoms with E-state index in [1.807, 2.05) is 45.0 Å². The molecule has 0 saturated carbocycles. The van der Waals surface area contributed by atoms with Crippen LogP contribution in [0.4, 0.5) is 4.79 Å². The second-order valence-electron chi connectivity index (χ2n) is 10.8. The van der Waals surface area contributed by atoms with Crippen LogP contribution in [0, 0.1) is 0 Å². The maximum Gasteiger partial charge on any atom is 0.435 e. The average molecular weight is 520 g/mol. The number of likely N-dealkylation sites (tertiary alicyclic amines) is 1. The van der Waals surface area contributed by atoms with Crippen molar-refractivity contribution < 1.29 is 14.3 Å². The number of ketones is 1. The van der Waals surface area contributed by atoms with E-state index in [-0.39, 0.29) is 5.78 Å². The summed E-state index contributed by atoms with van der Waals surface area (Å²) in [7, 11) is 0. The van der Waals surface area contributed by atoms with Crippen molar-refractivity contribution in [2.45, 2.75) is 38.3 Å². The molecule has 1 aromatic heterocycles. The van der Waals surface area contributed by atoms with Gasteiger partial charge in [-0.25, -0.2) is 4.79 Å². The molecule has 2 heterocycles. The zero-order valence-electron chi connectivity index (χ0n) is 22.6. The van der Waals surface area contributed by atoms with Gasteiger partial charge in [-0.1, -0.05) is 91.0 Å². The van der Waals surface area contributed by atoms with Crippen molar-refractivity contribution in [1.29, 1.82) is 0 Å². The Bertz CT molecular complexity index is 1370. The van der Waals surface area contributed by atoms with Crippen LogP contribution in [0.5, 0.6) is 0 Å². The molecule has 0 bridgehead atoms. The number of Topliss-reactive ketones (excluding diaryl/α,β-unsaturated/α-hetero) is 1. The van der Waals surface area contributed by atoms with Gasteiger partial charge in [0.25, 0.3) is 0 Å². The Morgan fingerprint density at radius 3 is 1.85 bits per heavy atom. The predicted molar refractivity (Wildman–Crippen MR) is 152 cm³/mol. The van der Waals surface area contributed by atoms with Crippen molar-refractivity contribution in [3.05, 3.63) is 131 Å². The Hall–Kier alpha value is -4.29. The summed E-state index contributed by atoms with van der Waals surface area (Å²) in [5.74, 6) is 0.0966. The Kier molecular flexibility index (Phi) is 7.31. The van der Waals surface area contributed by atoms with Gasteiger partial charge >= 0.3 is 6.09 Å². The van der Waals surface area contributed by atoms with Gasteiger partial charge in [0.15, 0.2) is 5.78 Å². The number of hydrogen-bond donors (Lipinski definition) is 0. The largest absolute Gasteiger partial charge is 0.442 e. The molecule has 1 aliphatic rings. The van der Waals surface area contributed by atoms with Crippen molar-refractivity contribution in [2.24, 2.45) is 0 Å². The van der Waals surface area contributed by atoms with Gasteiger partial charge in [0.1, 0.15) is 5.60 Å². The van der Waals surface area contributed by atoms with E-state index in [1.54, 1.807) is 12.4 Å². The van der Waals surface area contributed by atoms with Crippen LogP contribution in [-0.4, -0.2) is 45.2 Å². The third kappa shape index (κ3) is 5.47. The molecule has 0 spiro atoms. The molecular formula is C33H33N3O3. The molecule has 1 saturated heterocycles. The first-order valence-electron chi connectivity index (χ1n) is 13.2. The van der Waals surface area contributed by atoms with E-state index in [2.05, 4.69) is 82.8 Å². The molecule has 198 valence electrons. The number of piperidine rings is 1. The van der Waals surface area contributed by atoms with E-state index in [9.17, 15) is 9.59 Å². The Morgan fingerprint density at radius 2 is 1.36 bits per heavy atom. The van der Waals surface area contributed by atoms with E-state index in [1.165, 1.54) is 4.68 Å². The van der Waals surface area contributed by atoms with Crippen LogP contribution < -0.4 is 0 Å². The lowest BCUT2D eigenvalue weighted by Gasteiger charge is -2.47. The standard InChI is InChI=1S/C33H33N3O3/c1-32(2,3)39-31(38)36-23-25(22-34-36)21-26-24-35(20-19-30(26)37)33(27-13-7-4-8-14-27,28-15-9-5-10-16-28)29-17-11-6-12-18-29/h4-18,21-23H,19-20,24H2,1-3H3. The van der Waals surface area contributed by atoms with Gasteiger partial charge in [-0.3, -0.25) is 9.69 Å². The summed E-state index contributed by atoms with van der Waals surface area (Å²) in [6.45, 7) is 6.47. The first-order valence-corrected chi connectivity index (χ1v) is 13.2. The molecule has 1 aliphatic heterocycles. The maximum absolute atomic E-state index is 13.2. The van der Waals surface area contributed by atoms with Crippen LogP contribution in [0.2, 0.25) is 0 Å². The zero-order chi connectivity index (χ0) is 27.5. The molecule has 5 rings (SSSR count). The van der Waals surface area contributed by atoms with Gasteiger partial charge in [0, 0.05) is 36.8 Å². The van der Waals surface area contributed by atoms with Gasteiger partial charge in [-0.15, -0.1) is 0 Å². The number of benzene rings is 3. The molecule has 0 radical (unpaired) electrons. The first kappa shape index (κ1) is 26.3. The lowest BCUT2D eigenvalue weighted by Crippen LogP contribution is -2.52. The summed E-state index contributed by atoms with van der Waals surface area (Å²) in [6, 6.07) is 31.4. The molecule has 6 heteroatoms. The second kappa shape index (κ2) is 10.8. The van der Waals surface area contributed by atoms with E-state index < -0.39 is 17.2 Å². The highest BCUT2D eigenvalue weighted by Crippen LogP contribution is 2.44. The highest BCUT2D eigenvalue weighted by atomic mass is 16.6. The lowest BCUT2D eigenvalue weighted by molar-refractivity contribution is -0.117. The highest BCUT2D eigenvalue weighted by Gasteiger charge is 2.44. The lowest BCUT2D eigenvalue weighted by atomic mass is 9.74. The summed E-state index contributed by atoms with van der Waals surface area (Å²) in [6.07, 6.45) is 4.86. The van der Waals surface area contributed by atoms with Gasteiger partial charge in [0.2, 0.25) is 0 Å². The summed E-state index contributed by atoms with van der Waals surface area (Å²) in [4.78, 5) is 28.0. The Morgan fingerprint density at radius 1 is 0.846 bits per heavy atom. The van der Waals surface area contributed by atoms with Crippen molar-refractivity contribution >= 4 is 18.0 Å². The zero-order valence-corrected chi connectivity index (χ0v) is 22.6. The average Bonchev–Trinajstić information content (AvgIpc) is 3.41. The number of rotatable bonds is 5. The molecular weight excluding hydrogens is 486 g/mol. The summed E-state index contributed by atoms with van der Waals surface area (Å²) >= 11 is 0. The SMILES string of the molecule is CC(C)(C)OC(=O)n1cc(C=C2CN(C(c3ccccc3)(c3ccccc3)c3ccccc3)CCC2=O)cn1. The molecule has 1 fully saturated rings. The van der Waals surface area contributed by atoms with Crippen molar-refractivity contribution in [2.75, 3.05) is 13.1 Å². The van der Waals surface area contributed by atoms with E-state index in [4.69, 9.17) is 4.74 Å². The number of carbonyl (C=O) groups excluding carboxylic acids is 2. The first-order chi connectivity index (χ1) is 18.8. The Labute approximate surface area is 229 Å². The van der Waals surface area contributed by atoms with Crippen molar-refractivity contribution in [3.8, 4) is 0 Å². The number of nitrogens with zero attached hydrogens (tertiary/aromatic N) is 3. The van der Waals surface area contributed by atoms with Gasteiger partial charge in [0.05, 0.1) is 11.7 Å². The molecule has 0 unspecified atom stereocenters. The smallest absolute Gasteiger partial charge is 0.435 e. The second-order valence-corrected chi connectivity index (χ2v) is 10.8. The minimum atomic E-state index is -0.628. The van der Waals surface area contributed by atoms with Crippen LogP contribution in [0.25, 0.3) is 6.08 Å². The van der Waals surface area contributed by atoms with Gasteiger partial charge < -0.3 is 4.74 Å². The third-order valence-corrected chi connectivity index (χ3v) is 6.90. The molecule has 6 nitrogen and oxygen atoms in total. The predicted octanol–water partition coefficient (Wildman–Crippen LogP) is 6.32. The number of ether oxygens (including phenoxy) is 1. The summed E-state index contributed by atoms with van der Waals surface area (Å²) < 4.78 is 6.59. The monoisotopic (exact) mass is 519 g/mol. The van der Waals surface area contributed by atoms with Crippen molar-refractivity contribution in [1.82, 2.24) is 14.7 Å². The quantitative estimate of drug-likeness (QED) is 0.228. The van der Waals surface area contributed by atoms with Crippen LogP contribution in [0.3, 0.4) is 0 Å². The van der Waals surface area contributed by atoms with Crippen LogP contribution in [0.1, 0.15) is 49.4 Å². The molecule has 4 aromatic rings. The maximum atomic E-state index is 13.2. The molecule has 3 aromatic carbocycles. The fraction of sp³-hybridized carbons (Fsp3) is 0.242.